The number of carbonyl (C=O) groups is 2. The highest BCUT2D eigenvalue weighted by molar-refractivity contribution is 7.11. The Balaban J connectivity index is 2.06. The predicted octanol–water partition coefficient (Wildman–Crippen LogP) is 3.76. The number of nitrogens with zero attached hydrogens (tertiary/aromatic N) is 2. The Morgan fingerprint density at radius 2 is 1.76 bits per heavy atom. The second-order valence-electron chi connectivity index (χ2n) is 6.27. The summed E-state index contributed by atoms with van der Waals surface area (Å²) in [5.41, 5.74) is 2.17. The molecule has 0 unspecified atom stereocenters. The van der Waals surface area contributed by atoms with E-state index in [0.717, 1.165) is 10.4 Å². The van der Waals surface area contributed by atoms with Crippen LogP contribution < -0.4 is 0 Å². The van der Waals surface area contributed by atoms with Crippen molar-refractivity contribution in [2.75, 3.05) is 6.54 Å². The van der Waals surface area contributed by atoms with Crippen molar-refractivity contribution in [1.82, 2.24) is 9.80 Å². The molecule has 25 heavy (non-hydrogen) atoms. The first-order chi connectivity index (χ1) is 12.0. The van der Waals surface area contributed by atoms with Gasteiger partial charge in [-0.2, -0.15) is 0 Å². The van der Waals surface area contributed by atoms with Crippen LogP contribution in [0.1, 0.15) is 31.2 Å². The third-order valence-corrected chi connectivity index (χ3v) is 5.18. The van der Waals surface area contributed by atoms with E-state index >= 15 is 0 Å². The first-order valence-electron chi connectivity index (χ1n) is 8.49. The first kappa shape index (κ1) is 17.4. The van der Waals surface area contributed by atoms with Gasteiger partial charge in [-0.1, -0.05) is 36.4 Å². The van der Waals surface area contributed by atoms with E-state index in [1.165, 1.54) is 16.2 Å². The number of carbonyl (C=O) groups excluding carboxylic acids is 2. The fraction of sp³-hybridized carbons (Fsp3) is 0.300. The van der Waals surface area contributed by atoms with E-state index in [0.29, 0.717) is 24.4 Å². The van der Waals surface area contributed by atoms with Crippen molar-refractivity contribution in [3.63, 3.8) is 0 Å². The monoisotopic (exact) mass is 354 g/mol. The molecule has 2 heterocycles. The van der Waals surface area contributed by atoms with Crippen LogP contribution in [0.3, 0.4) is 0 Å². The second-order valence-corrected chi connectivity index (χ2v) is 7.22. The van der Waals surface area contributed by atoms with Gasteiger partial charge in [0.15, 0.2) is 0 Å². The standard InChI is InChI=1S/C20H22N2O2S/c1-4-21(13-15-9-6-5-7-10-15)18-17(16-11-8-12-25-16)19(23)22(14(2)3)20(18)24/h5-12,14H,4,13H2,1-3H3. The zero-order valence-corrected chi connectivity index (χ0v) is 15.5. The quantitative estimate of drug-likeness (QED) is 0.742. The topological polar surface area (TPSA) is 40.6 Å². The van der Waals surface area contributed by atoms with Crippen LogP contribution in [-0.4, -0.2) is 34.2 Å². The molecule has 1 aromatic carbocycles. The van der Waals surface area contributed by atoms with Crippen LogP contribution in [0.4, 0.5) is 0 Å². The molecule has 2 amide bonds. The molecular weight excluding hydrogens is 332 g/mol. The van der Waals surface area contributed by atoms with Crippen molar-refractivity contribution >= 4 is 28.7 Å². The molecular formula is C20H22N2O2S. The Kier molecular flexibility index (Phi) is 5.04. The Labute approximate surface area is 152 Å². The molecule has 0 fully saturated rings. The molecule has 0 atom stereocenters. The highest BCUT2D eigenvalue weighted by atomic mass is 32.1. The maximum absolute atomic E-state index is 13.1. The highest BCUT2D eigenvalue weighted by Gasteiger charge is 2.42. The van der Waals surface area contributed by atoms with E-state index < -0.39 is 0 Å². The number of likely N-dealkylation sites (N-methyl/N-ethyl adjacent to an activating group) is 1. The van der Waals surface area contributed by atoms with E-state index in [9.17, 15) is 9.59 Å². The first-order valence-corrected chi connectivity index (χ1v) is 9.37. The Hall–Kier alpha value is -2.40. The van der Waals surface area contributed by atoms with Gasteiger partial charge in [0.25, 0.3) is 11.8 Å². The summed E-state index contributed by atoms with van der Waals surface area (Å²) < 4.78 is 0. The van der Waals surface area contributed by atoms with E-state index in [-0.39, 0.29) is 17.9 Å². The number of imide groups is 1. The summed E-state index contributed by atoms with van der Waals surface area (Å²) in [6.07, 6.45) is 0. The lowest BCUT2D eigenvalue weighted by Gasteiger charge is -2.25. The van der Waals surface area contributed by atoms with Crippen LogP contribution in [0.15, 0.2) is 53.5 Å². The van der Waals surface area contributed by atoms with E-state index in [1.807, 2.05) is 73.5 Å². The zero-order valence-electron chi connectivity index (χ0n) is 14.7. The van der Waals surface area contributed by atoms with Crippen LogP contribution >= 0.6 is 11.3 Å². The number of amides is 2. The van der Waals surface area contributed by atoms with Gasteiger partial charge < -0.3 is 4.90 Å². The molecule has 3 rings (SSSR count). The van der Waals surface area contributed by atoms with Crippen molar-refractivity contribution in [3.05, 3.63) is 64.0 Å². The van der Waals surface area contributed by atoms with Crippen LogP contribution in [0, 0.1) is 0 Å². The van der Waals surface area contributed by atoms with Gasteiger partial charge in [0.1, 0.15) is 5.70 Å². The normalized spacial score (nSPS) is 14.8. The smallest absolute Gasteiger partial charge is 0.278 e. The number of hydrogen-bond acceptors (Lipinski definition) is 4. The molecule has 1 aromatic heterocycles. The molecule has 0 radical (unpaired) electrons. The van der Waals surface area contributed by atoms with Crippen molar-refractivity contribution in [2.45, 2.75) is 33.4 Å². The van der Waals surface area contributed by atoms with Gasteiger partial charge in [0.2, 0.25) is 0 Å². The molecule has 0 bridgehead atoms. The van der Waals surface area contributed by atoms with Crippen molar-refractivity contribution in [1.29, 1.82) is 0 Å². The molecule has 0 spiro atoms. The minimum atomic E-state index is -0.193. The minimum Gasteiger partial charge on any atom is -0.362 e. The summed E-state index contributed by atoms with van der Waals surface area (Å²) in [7, 11) is 0. The van der Waals surface area contributed by atoms with Gasteiger partial charge in [-0.25, -0.2) is 0 Å². The van der Waals surface area contributed by atoms with Crippen molar-refractivity contribution in [2.24, 2.45) is 0 Å². The van der Waals surface area contributed by atoms with Crippen LogP contribution in [-0.2, 0) is 16.1 Å². The lowest BCUT2D eigenvalue weighted by atomic mass is 10.1. The molecule has 1 aliphatic rings. The summed E-state index contributed by atoms with van der Waals surface area (Å²) >= 11 is 1.49. The number of benzene rings is 1. The maximum Gasteiger partial charge on any atom is 0.278 e. The summed E-state index contributed by atoms with van der Waals surface area (Å²) in [6, 6.07) is 13.7. The second kappa shape index (κ2) is 7.23. The number of rotatable bonds is 6. The van der Waals surface area contributed by atoms with E-state index in [4.69, 9.17) is 0 Å². The Bertz CT molecular complexity index is 794. The van der Waals surface area contributed by atoms with Crippen LogP contribution in [0.25, 0.3) is 5.57 Å². The van der Waals surface area contributed by atoms with Gasteiger partial charge in [-0.3, -0.25) is 14.5 Å². The average Bonchev–Trinajstić information content (AvgIpc) is 3.20. The van der Waals surface area contributed by atoms with Crippen molar-refractivity contribution in [3.8, 4) is 0 Å². The summed E-state index contributed by atoms with van der Waals surface area (Å²) in [6.45, 7) is 7.02. The van der Waals surface area contributed by atoms with Gasteiger partial charge >= 0.3 is 0 Å². The minimum absolute atomic E-state index is 0.164. The Morgan fingerprint density at radius 3 is 2.32 bits per heavy atom. The van der Waals surface area contributed by atoms with Gasteiger partial charge in [0.05, 0.1) is 5.57 Å². The van der Waals surface area contributed by atoms with Gasteiger partial charge in [-0.05, 0) is 37.8 Å². The molecule has 0 aliphatic carbocycles. The molecule has 5 heteroatoms. The van der Waals surface area contributed by atoms with Gasteiger partial charge in [0, 0.05) is 24.0 Å². The van der Waals surface area contributed by atoms with E-state index in [1.54, 1.807) is 0 Å². The maximum atomic E-state index is 13.1. The molecule has 1 aliphatic heterocycles. The Morgan fingerprint density at radius 1 is 1.04 bits per heavy atom. The molecule has 0 saturated carbocycles. The summed E-state index contributed by atoms with van der Waals surface area (Å²) in [5, 5.41) is 1.93. The summed E-state index contributed by atoms with van der Waals surface area (Å²) in [5.74, 6) is -0.384. The highest BCUT2D eigenvalue weighted by Crippen LogP contribution is 2.35. The number of hydrogen-bond donors (Lipinski definition) is 0. The average molecular weight is 354 g/mol. The predicted molar refractivity (Wildman–Crippen MR) is 101 cm³/mol. The summed E-state index contributed by atoms with van der Waals surface area (Å²) in [4.78, 5) is 30.3. The molecule has 0 saturated heterocycles. The fourth-order valence-electron chi connectivity index (χ4n) is 3.09. The number of thiophene rings is 1. The molecule has 130 valence electrons. The third kappa shape index (κ3) is 3.24. The van der Waals surface area contributed by atoms with Crippen LogP contribution in [0.5, 0.6) is 0 Å². The SMILES string of the molecule is CCN(Cc1ccccc1)C1=C(c2cccs2)C(=O)N(C(C)C)C1=O. The van der Waals surface area contributed by atoms with Crippen molar-refractivity contribution < 1.29 is 9.59 Å². The molecule has 0 N–H and O–H groups in total. The van der Waals surface area contributed by atoms with E-state index in [2.05, 4.69) is 0 Å². The lowest BCUT2D eigenvalue weighted by Crippen LogP contribution is -2.39. The largest absolute Gasteiger partial charge is 0.362 e. The molecule has 4 nitrogen and oxygen atoms in total. The lowest BCUT2D eigenvalue weighted by molar-refractivity contribution is -0.139. The third-order valence-electron chi connectivity index (χ3n) is 4.29. The molecule has 2 aromatic rings. The van der Waals surface area contributed by atoms with Gasteiger partial charge in [-0.15, -0.1) is 11.3 Å². The van der Waals surface area contributed by atoms with Crippen LogP contribution in [0.2, 0.25) is 0 Å². The zero-order chi connectivity index (χ0) is 18.0. The fourth-order valence-corrected chi connectivity index (χ4v) is 3.86.